The first kappa shape index (κ1) is 62.8. The summed E-state index contributed by atoms with van der Waals surface area (Å²) in [5, 5.41) is 35.4. The van der Waals surface area contributed by atoms with Crippen molar-refractivity contribution in [1.29, 1.82) is 10.5 Å². The molecule has 0 radical (unpaired) electrons. The summed E-state index contributed by atoms with van der Waals surface area (Å²) in [6.07, 6.45) is 0. The van der Waals surface area contributed by atoms with E-state index < -0.39 is 0 Å². The van der Waals surface area contributed by atoms with Gasteiger partial charge in [0.05, 0.1) is 108 Å². The Kier molecular flexibility index (Phi) is 14.3. The van der Waals surface area contributed by atoms with Crippen molar-refractivity contribution in [3.63, 3.8) is 0 Å². The highest BCUT2D eigenvalue weighted by Crippen LogP contribution is 2.47. The predicted molar refractivity (Wildman–Crippen MR) is 452 cm³/mol. The number of aromatic nitrogens is 6. The smallest absolute Gasteiger partial charge is 0.197 e. The fourth-order valence-corrected chi connectivity index (χ4v) is 17.8. The minimum Gasteiger partial charge on any atom is -0.310 e. The van der Waals surface area contributed by atoms with Crippen LogP contribution in [0.1, 0.15) is 11.1 Å². The first-order chi connectivity index (χ1) is 54.5. The van der Waals surface area contributed by atoms with E-state index in [0.717, 1.165) is 166 Å². The SMILES string of the molecule is [C-]#[N+]c1ccc2c3ccccc3n(-c3cccc(-c4cccc(C#N)c4-n4c5ccccc5c5c(-n6c7ccccc7c7ccccc76)cccc54)c3)c2c1.[C-]#[N+]c1cccc2c1c1ccccc1n2-c1cccc(-c2ccccc2-n2c3ccccc3c3c(-n4c5ccccc5c5ccccc54)cccc32)c1C#N. The molecule has 0 spiro atoms. The molecule has 10 nitrogen and oxygen atoms in total. The zero-order valence-electron chi connectivity index (χ0n) is 59.0. The van der Waals surface area contributed by atoms with E-state index in [1.54, 1.807) is 0 Å². The lowest BCUT2D eigenvalue weighted by Crippen LogP contribution is -2.02. The first-order valence-corrected chi connectivity index (χ1v) is 36.6. The topological polar surface area (TPSA) is 85.9 Å². The lowest BCUT2D eigenvalue weighted by atomic mass is 9.96. The Morgan fingerprint density at radius 1 is 0.245 bits per heavy atom. The number of nitriles is 2. The van der Waals surface area contributed by atoms with Crippen LogP contribution in [-0.4, -0.2) is 27.4 Å². The molecule has 0 unspecified atom stereocenters. The van der Waals surface area contributed by atoms with E-state index in [1.165, 1.54) is 21.5 Å². The summed E-state index contributed by atoms with van der Waals surface area (Å²) < 4.78 is 13.8. The average molecular weight is 1400 g/mol. The maximum Gasteiger partial charge on any atom is 0.197 e. The van der Waals surface area contributed by atoms with E-state index in [-0.39, 0.29) is 0 Å². The molecule has 16 aromatic carbocycles. The van der Waals surface area contributed by atoms with Gasteiger partial charge in [0.25, 0.3) is 0 Å². The largest absolute Gasteiger partial charge is 0.310 e. The minimum atomic E-state index is 0.567. The molecular weight excluding hydrogens is 1340 g/mol. The number of rotatable bonds is 8. The lowest BCUT2D eigenvalue weighted by molar-refractivity contribution is 1.16. The van der Waals surface area contributed by atoms with E-state index in [1.807, 2.05) is 72.8 Å². The number of benzene rings is 16. The number of hydrogen-bond donors (Lipinski definition) is 0. The Balaban J connectivity index is 0.000000140. The van der Waals surface area contributed by atoms with Gasteiger partial charge in [0.2, 0.25) is 0 Å². The van der Waals surface area contributed by atoms with Crippen molar-refractivity contribution in [3.05, 3.63) is 386 Å². The molecule has 110 heavy (non-hydrogen) atoms. The molecule has 0 fully saturated rings. The Labute approximate surface area is 630 Å². The monoisotopic (exact) mass is 1400 g/mol. The molecule has 0 aliphatic rings. The number of hydrogen-bond acceptors (Lipinski definition) is 2. The molecule has 0 bridgehead atoms. The molecule has 0 aliphatic heterocycles. The molecule has 6 aromatic heterocycles. The Morgan fingerprint density at radius 3 is 1.15 bits per heavy atom. The molecule has 0 aliphatic carbocycles. The second kappa shape index (κ2) is 25.0. The van der Waals surface area contributed by atoms with E-state index in [4.69, 9.17) is 13.1 Å². The van der Waals surface area contributed by atoms with Crippen molar-refractivity contribution in [3.8, 4) is 68.5 Å². The van der Waals surface area contributed by atoms with Crippen LogP contribution in [0.25, 0.3) is 197 Å². The van der Waals surface area contributed by atoms with Crippen molar-refractivity contribution in [2.75, 3.05) is 0 Å². The van der Waals surface area contributed by atoms with Gasteiger partial charge in [-0.2, -0.15) is 10.5 Å². The van der Waals surface area contributed by atoms with Gasteiger partial charge in [-0.1, -0.05) is 237 Å². The number of fused-ring (bicyclic) bond motifs is 18. The van der Waals surface area contributed by atoms with Gasteiger partial charge in [0, 0.05) is 92.7 Å². The third-order valence-corrected chi connectivity index (χ3v) is 22.2. The summed E-state index contributed by atoms with van der Waals surface area (Å²) in [5.74, 6) is 0. The van der Waals surface area contributed by atoms with Crippen LogP contribution in [0, 0.1) is 35.8 Å². The van der Waals surface area contributed by atoms with Gasteiger partial charge in [0.15, 0.2) is 11.4 Å². The fourth-order valence-electron chi connectivity index (χ4n) is 17.8. The van der Waals surface area contributed by atoms with Crippen LogP contribution in [0.2, 0.25) is 0 Å². The van der Waals surface area contributed by atoms with Crippen molar-refractivity contribution < 1.29 is 0 Å². The number of nitrogens with zero attached hydrogens (tertiary/aromatic N) is 10. The molecule has 508 valence electrons. The fraction of sp³-hybridized carbons (Fsp3) is 0. The molecule has 0 saturated heterocycles. The first-order valence-electron chi connectivity index (χ1n) is 36.6. The predicted octanol–water partition coefficient (Wildman–Crippen LogP) is 26.1. The van der Waals surface area contributed by atoms with Gasteiger partial charge in [-0.25, -0.2) is 9.69 Å². The Morgan fingerprint density at radius 2 is 0.618 bits per heavy atom. The van der Waals surface area contributed by atoms with E-state index in [2.05, 4.69) is 328 Å². The molecule has 0 amide bonds. The molecule has 0 N–H and O–H groups in total. The van der Waals surface area contributed by atoms with Crippen LogP contribution < -0.4 is 0 Å². The summed E-state index contributed by atoms with van der Waals surface area (Å²) in [7, 11) is 0. The van der Waals surface area contributed by atoms with Gasteiger partial charge in [0.1, 0.15) is 12.1 Å². The summed E-state index contributed by atoms with van der Waals surface area (Å²) >= 11 is 0. The normalized spacial score (nSPS) is 11.6. The molecule has 22 aromatic rings. The van der Waals surface area contributed by atoms with Gasteiger partial charge >= 0.3 is 0 Å². The van der Waals surface area contributed by atoms with Crippen LogP contribution in [0.3, 0.4) is 0 Å². The highest BCUT2D eigenvalue weighted by atomic mass is 15.0. The van der Waals surface area contributed by atoms with E-state index in [0.29, 0.717) is 22.5 Å². The van der Waals surface area contributed by atoms with Gasteiger partial charge in [-0.3, -0.25) is 0 Å². The van der Waals surface area contributed by atoms with Crippen LogP contribution in [0.4, 0.5) is 11.4 Å². The van der Waals surface area contributed by atoms with Crippen molar-refractivity contribution in [2.45, 2.75) is 0 Å². The zero-order chi connectivity index (χ0) is 73.2. The summed E-state index contributed by atoms with van der Waals surface area (Å²) in [5.41, 5.74) is 24.6. The van der Waals surface area contributed by atoms with E-state index in [9.17, 15) is 10.5 Å². The maximum absolute atomic E-state index is 11.1. The summed E-state index contributed by atoms with van der Waals surface area (Å²) in [6, 6.07) is 127. The van der Waals surface area contributed by atoms with Crippen LogP contribution in [0.5, 0.6) is 0 Å². The molecular formula is C100H58N10. The molecule has 22 rings (SSSR count). The maximum atomic E-state index is 11.1. The van der Waals surface area contributed by atoms with Crippen molar-refractivity contribution >= 4 is 142 Å². The molecule has 0 atom stereocenters. The van der Waals surface area contributed by atoms with Crippen LogP contribution in [0.15, 0.2) is 352 Å². The second-order valence-corrected chi connectivity index (χ2v) is 27.8. The quantitative estimate of drug-likeness (QED) is 0.142. The molecule has 10 heteroatoms. The standard InChI is InChI=1S/2C50H29N5/c1-52-39-21-13-28-46-49(39)36-18-5-10-25-43(36)55(46)45-27-12-20-32(38(45)31-51)33-15-2-7-22-40(33)54-44-26-11-6-19-37(44)50-47(29-14-30-48(50)54)53-41-23-8-3-16-34(41)35-17-4-9-24-42(35)53;1-52-34-27-28-40-39-18-2-6-21-42(39)53(48(40)30-34)35-15-10-13-32(29-35)36-20-11-14-33(31-51)50(36)55-45-24-9-5-19-41(45)49-46(25-12-26-47(49)55)54-43-22-7-3-16-37(43)38-17-4-8-23-44(38)54/h2*2-30H. The van der Waals surface area contributed by atoms with E-state index >= 15 is 0 Å². The van der Waals surface area contributed by atoms with Gasteiger partial charge in [-0.05, 0) is 126 Å². The minimum absolute atomic E-state index is 0.567. The average Bonchev–Trinajstić information content (AvgIpc) is 1.59. The van der Waals surface area contributed by atoms with Crippen molar-refractivity contribution in [1.82, 2.24) is 27.4 Å². The molecule has 0 saturated carbocycles. The third kappa shape index (κ3) is 9.25. The van der Waals surface area contributed by atoms with Gasteiger partial charge in [-0.15, -0.1) is 0 Å². The van der Waals surface area contributed by atoms with Crippen molar-refractivity contribution in [2.24, 2.45) is 0 Å². The highest BCUT2D eigenvalue weighted by molar-refractivity contribution is 6.20. The van der Waals surface area contributed by atoms with Crippen LogP contribution in [-0.2, 0) is 0 Å². The van der Waals surface area contributed by atoms with Gasteiger partial charge < -0.3 is 27.4 Å². The highest BCUT2D eigenvalue weighted by Gasteiger charge is 2.27. The summed E-state index contributed by atoms with van der Waals surface area (Å²) in [6.45, 7) is 15.7. The summed E-state index contributed by atoms with van der Waals surface area (Å²) in [4.78, 5) is 7.63. The van der Waals surface area contributed by atoms with Crippen LogP contribution >= 0.6 is 0 Å². The second-order valence-electron chi connectivity index (χ2n) is 27.8. The lowest BCUT2D eigenvalue weighted by Gasteiger charge is -2.18. The number of para-hydroxylation sites is 10. The third-order valence-electron chi connectivity index (χ3n) is 22.2. The molecule has 6 heterocycles. The Bertz CT molecular complexity index is 7760. The Hall–Kier alpha value is -15.7. The zero-order valence-corrected chi connectivity index (χ0v) is 59.0.